The average Bonchev–Trinajstić information content (AvgIpc) is 3.46. The number of amides is 5. The first-order valence-electron chi connectivity index (χ1n) is 16.1. The van der Waals surface area contributed by atoms with Gasteiger partial charge in [0.1, 0.15) is 5.82 Å². The van der Waals surface area contributed by atoms with E-state index in [9.17, 15) is 19.2 Å². The molecule has 0 bridgehead atoms. The monoisotopic (exact) mass is 675 g/mol. The molecule has 0 saturated carbocycles. The molecule has 0 atom stereocenters. The van der Waals surface area contributed by atoms with E-state index < -0.39 is 0 Å². The largest absolute Gasteiger partial charge is 0.345 e. The molecule has 5 amide bonds. The van der Waals surface area contributed by atoms with Crippen LogP contribution in [0.4, 0.5) is 27.7 Å². The number of hydrogen-bond donors (Lipinski definition) is 3. The van der Waals surface area contributed by atoms with Gasteiger partial charge in [-0.2, -0.15) is 0 Å². The van der Waals surface area contributed by atoms with Crippen LogP contribution in [0.25, 0.3) is 11.1 Å². The molecule has 13 heteroatoms. The van der Waals surface area contributed by atoms with Crippen LogP contribution in [-0.4, -0.2) is 103 Å². The molecule has 0 aliphatic carbocycles. The molecule has 3 N–H and O–H groups in total. The van der Waals surface area contributed by atoms with Crippen molar-refractivity contribution in [3.8, 4) is 11.1 Å². The molecule has 1 aliphatic rings. The number of anilines is 4. The minimum atomic E-state index is -0.351. The number of benzene rings is 2. The number of carbonyl (C=O) groups excluding carboxylic acids is 4. The van der Waals surface area contributed by atoms with Crippen molar-refractivity contribution in [2.24, 2.45) is 0 Å². The summed E-state index contributed by atoms with van der Waals surface area (Å²) in [6, 6.07) is 20.2. The predicted octanol–water partition coefficient (Wildman–Crippen LogP) is 4.20. The molecule has 0 spiro atoms. The standard InChI is InChI=1S/C37H41N9O4/c1-43(2)16-6-9-34(47)40-24-35(48)42-30-8-5-7-26(19-30)25-45-17-18-46(37(45)50)32-20-31(22-38-23-32)41-33-15-14-29(21-39-33)27-10-12-28(13-11-27)36(49)44(3)4/h5-15,19-23H,16-18,24-25H2,1-4H3,(H,39,41)(H,40,47)(H,42,48)/b9-6+. The summed E-state index contributed by atoms with van der Waals surface area (Å²) < 4.78 is 0. The lowest BCUT2D eigenvalue weighted by atomic mass is 10.1. The number of urea groups is 1. The second kappa shape index (κ2) is 16.3. The number of nitrogens with one attached hydrogen (secondary N) is 3. The van der Waals surface area contributed by atoms with Crippen LogP contribution in [0, 0.1) is 0 Å². The smallest absolute Gasteiger partial charge is 0.324 e. The van der Waals surface area contributed by atoms with Crippen molar-refractivity contribution in [3.05, 3.63) is 109 Å². The van der Waals surface area contributed by atoms with Crippen LogP contribution >= 0.6 is 0 Å². The van der Waals surface area contributed by atoms with E-state index in [4.69, 9.17) is 0 Å². The molecule has 258 valence electrons. The minimum absolute atomic E-state index is 0.0502. The van der Waals surface area contributed by atoms with Crippen molar-refractivity contribution in [1.82, 2.24) is 30.0 Å². The number of likely N-dealkylation sites (N-methyl/N-ethyl adjacent to an activating group) is 1. The maximum atomic E-state index is 13.4. The summed E-state index contributed by atoms with van der Waals surface area (Å²) in [5, 5.41) is 8.63. The van der Waals surface area contributed by atoms with Gasteiger partial charge in [0.05, 0.1) is 30.3 Å². The van der Waals surface area contributed by atoms with Crippen LogP contribution in [0.15, 0.2) is 97.5 Å². The molecule has 2 aromatic heterocycles. The zero-order valence-corrected chi connectivity index (χ0v) is 28.6. The van der Waals surface area contributed by atoms with Gasteiger partial charge in [0.15, 0.2) is 0 Å². The number of carbonyl (C=O) groups is 4. The van der Waals surface area contributed by atoms with Gasteiger partial charge in [0.25, 0.3) is 5.91 Å². The summed E-state index contributed by atoms with van der Waals surface area (Å²) in [5.74, 6) is -0.121. The maximum Gasteiger partial charge on any atom is 0.324 e. The van der Waals surface area contributed by atoms with Crippen molar-refractivity contribution in [2.45, 2.75) is 6.54 Å². The number of aromatic nitrogens is 2. The summed E-state index contributed by atoms with van der Waals surface area (Å²) in [6.45, 7) is 1.85. The SMILES string of the molecule is CN(C)C/C=C/C(=O)NCC(=O)Nc1cccc(CN2CCN(c3cncc(Nc4ccc(-c5ccc(C(=O)N(C)C)cc5)cn4)c3)C2=O)c1. The lowest BCUT2D eigenvalue weighted by Gasteiger charge is -2.19. The van der Waals surface area contributed by atoms with E-state index in [1.54, 1.807) is 71.7 Å². The first-order valence-corrected chi connectivity index (χ1v) is 16.1. The first-order chi connectivity index (χ1) is 24.0. The molecule has 0 unspecified atom stereocenters. The van der Waals surface area contributed by atoms with Gasteiger partial charge in [-0.3, -0.25) is 24.3 Å². The van der Waals surface area contributed by atoms with Crippen LogP contribution in [0.3, 0.4) is 0 Å². The Morgan fingerprint density at radius 2 is 1.66 bits per heavy atom. The zero-order chi connectivity index (χ0) is 35.6. The third kappa shape index (κ3) is 9.51. The van der Waals surface area contributed by atoms with Gasteiger partial charge >= 0.3 is 6.03 Å². The summed E-state index contributed by atoms with van der Waals surface area (Å²) >= 11 is 0. The number of nitrogens with zero attached hydrogens (tertiary/aromatic N) is 6. The van der Waals surface area contributed by atoms with E-state index >= 15 is 0 Å². The lowest BCUT2D eigenvalue weighted by molar-refractivity contribution is -0.121. The Kier molecular flexibility index (Phi) is 11.5. The van der Waals surface area contributed by atoms with Crippen molar-refractivity contribution in [1.29, 1.82) is 0 Å². The van der Waals surface area contributed by atoms with Crippen LogP contribution in [0.5, 0.6) is 0 Å². The van der Waals surface area contributed by atoms with Gasteiger partial charge in [-0.05, 0) is 67.7 Å². The highest BCUT2D eigenvalue weighted by molar-refractivity contribution is 5.97. The van der Waals surface area contributed by atoms with Gasteiger partial charge in [0.2, 0.25) is 11.8 Å². The third-order valence-corrected chi connectivity index (χ3v) is 7.78. The lowest BCUT2D eigenvalue weighted by Crippen LogP contribution is -2.32. The number of pyridine rings is 2. The highest BCUT2D eigenvalue weighted by Crippen LogP contribution is 2.26. The molecule has 1 fully saturated rings. The molecule has 0 radical (unpaired) electrons. The summed E-state index contributed by atoms with van der Waals surface area (Å²) in [7, 11) is 7.24. The average molecular weight is 676 g/mol. The van der Waals surface area contributed by atoms with E-state index in [1.165, 1.54) is 6.08 Å². The van der Waals surface area contributed by atoms with E-state index in [0.717, 1.165) is 16.7 Å². The van der Waals surface area contributed by atoms with Gasteiger partial charge in [-0.1, -0.05) is 30.3 Å². The molecule has 2 aromatic carbocycles. The van der Waals surface area contributed by atoms with Crippen LogP contribution in [-0.2, 0) is 16.1 Å². The second-order valence-electron chi connectivity index (χ2n) is 12.3. The molecule has 1 aliphatic heterocycles. The van der Waals surface area contributed by atoms with Crippen LogP contribution in [0.1, 0.15) is 15.9 Å². The van der Waals surface area contributed by atoms with E-state index in [-0.39, 0.29) is 30.3 Å². The second-order valence-corrected chi connectivity index (χ2v) is 12.3. The van der Waals surface area contributed by atoms with Crippen molar-refractivity contribution < 1.29 is 19.2 Å². The van der Waals surface area contributed by atoms with Crippen LogP contribution in [0.2, 0.25) is 0 Å². The minimum Gasteiger partial charge on any atom is -0.345 e. The fourth-order valence-corrected chi connectivity index (χ4v) is 5.23. The summed E-state index contributed by atoms with van der Waals surface area (Å²) in [6.07, 6.45) is 8.21. The summed E-state index contributed by atoms with van der Waals surface area (Å²) in [5.41, 5.74) is 5.26. The number of rotatable bonds is 13. The van der Waals surface area contributed by atoms with Crippen molar-refractivity contribution in [2.75, 3.05) is 69.9 Å². The fourth-order valence-electron chi connectivity index (χ4n) is 5.23. The van der Waals surface area contributed by atoms with Crippen molar-refractivity contribution >= 4 is 46.6 Å². The fraction of sp³-hybridized carbons (Fsp3) is 0.243. The number of hydrogen-bond acceptors (Lipinski definition) is 8. The van der Waals surface area contributed by atoms with Crippen molar-refractivity contribution in [3.63, 3.8) is 0 Å². The Bertz CT molecular complexity index is 1860. The van der Waals surface area contributed by atoms with E-state index in [1.807, 2.05) is 67.5 Å². The summed E-state index contributed by atoms with van der Waals surface area (Å²) in [4.78, 5) is 65.7. The topological polar surface area (TPSA) is 143 Å². The molecule has 13 nitrogen and oxygen atoms in total. The normalized spacial score (nSPS) is 12.8. The maximum absolute atomic E-state index is 13.4. The predicted molar refractivity (Wildman–Crippen MR) is 194 cm³/mol. The Balaban J connectivity index is 1.14. The molecular formula is C37H41N9O4. The molecule has 3 heterocycles. The molecule has 5 rings (SSSR count). The van der Waals surface area contributed by atoms with Gasteiger partial charge in [0, 0.05) is 69.4 Å². The van der Waals surface area contributed by atoms with E-state index in [0.29, 0.717) is 54.6 Å². The Morgan fingerprint density at radius 3 is 2.38 bits per heavy atom. The quantitative estimate of drug-likeness (QED) is 0.179. The van der Waals surface area contributed by atoms with Gasteiger partial charge < -0.3 is 30.7 Å². The zero-order valence-electron chi connectivity index (χ0n) is 28.6. The first kappa shape index (κ1) is 35.2. The Labute approximate surface area is 291 Å². The van der Waals surface area contributed by atoms with E-state index in [2.05, 4.69) is 25.9 Å². The molecule has 1 saturated heterocycles. The molecular weight excluding hydrogens is 634 g/mol. The highest BCUT2D eigenvalue weighted by atomic mass is 16.2. The Hall–Kier alpha value is -6.08. The molecule has 4 aromatic rings. The Morgan fingerprint density at radius 1 is 0.880 bits per heavy atom. The van der Waals surface area contributed by atoms with Gasteiger partial charge in [-0.15, -0.1) is 0 Å². The van der Waals surface area contributed by atoms with Gasteiger partial charge in [-0.25, -0.2) is 9.78 Å². The highest BCUT2D eigenvalue weighted by Gasteiger charge is 2.30. The van der Waals surface area contributed by atoms with Crippen LogP contribution < -0.4 is 20.9 Å². The molecule has 50 heavy (non-hydrogen) atoms. The third-order valence-electron chi connectivity index (χ3n) is 7.78.